The maximum absolute atomic E-state index is 11.6. The van der Waals surface area contributed by atoms with E-state index >= 15 is 0 Å². The first-order chi connectivity index (χ1) is 7.22. The van der Waals surface area contributed by atoms with Crippen LogP contribution in [0.15, 0.2) is 30.1 Å². The van der Waals surface area contributed by atoms with Crippen molar-refractivity contribution in [3.8, 4) is 0 Å². The lowest BCUT2D eigenvalue weighted by molar-refractivity contribution is -0.115. The SMILES string of the molecule is CNC1=C(c2ccc(Cl)cc2)C(=O)CO1. The molecule has 1 heterocycles. The zero-order valence-electron chi connectivity index (χ0n) is 8.21. The third-order valence-corrected chi connectivity index (χ3v) is 2.47. The lowest BCUT2D eigenvalue weighted by atomic mass is 10.0. The van der Waals surface area contributed by atoms with Gasteiger partial charge in [-0.05, 0) is 17.7 Å². The lowest BCUT2D eigenvalue weighted by Crippen LogP contribution is -2.07. The molecule has 1 aromatic rings. The fraction of sp³-hybridized carbons (Fsp3) is 0.182. The number of hydrogen-bond acceptors (Lipinski definition) is 3. The molecule has 78 valence electrons. The van der Waals surface area contributed by atoms with Crippen molar-refractivity contribution < 1.29 is 9.53 Å². The van der Waals surface area contributed by atoms with E-state index in [0.29, 0.717) is 16.5 Å². The van der Waals surface area contributed by atoms with E-state index in [0.717, 1.165) is 5.56 Å². The molecule has 0 bridgehead atoms. The van der Waals surface area contributed by atoms with E-state index < -0.39 is 0 Å². The monoisotopic (exact) mass is 223 g/mol. The lowest BCUT2D eigenvalue weighted by Gasteiger charge is -2.03. The number of ether oxygens (including phenoxy) is 1. The predicted molar refractivity (Wildman–Crippen MR) is 58.4 cm³/mol. The van der Waals surface area contributed by atoms with Crippen LogP contribution in [0.4, 0.5) is 0 Å². The summed E-state index contributed by atoms with van der Waals surface area (Å²) in [5.74, 6) is 0.518. The standard InChI is InChI=1S/C11H10ClNO2/c1-13-11-10(9(14)6-15-11)7-2-4-8(12)5-3-7/h2-5,13H,6H2,1H3. The first-order valence-corrected chi connectivity index (χ1v) is 4.94. The molecule has 1 aromatic carbocycles. The van der Waals surface area contributed by atoms with Gasteiger partial charge in [0.1, 0.15) is 0 Å². The Labute approximate surface area is 92.7 Å². The maximum atomic E-state index is 11.6. The second-order valence-electron chi connectivity index (χ2n) is 3.17. The van der Waals surface area contributed by atoms with Gasteiger partial charge in [0, 0.05) is 12.1 Å². The van der Waals surface area contributed by atoms with Gasteiger partial charge in [0.15, 0.2) is 12.5 Å². The molecule has 4 heteroatoms. The normalized spacial score (nSPS) is 15.5. The van der Waals surface area contributed by atoms with E-state index in [2.05, 4.69) is 5.32 Å². The number of benzene rings is 1. The second kappa shape index (κ2) is 3.95. The number of hydrogen-bond donors (Lipinski definition) is 1. The van der Waals surface area contributed by atoms with Gasteiger partial charge in [-0.25, -0.2) is 0 Å². The van der Waals surface area contributed by atoms with Crippen molar-refractivity contribution in [1.82, 2.24) is 5.32 Å². The fourth-order valence-corrected chi connectivity index (χ4v) is 1.64. The van der Waals surface area contributed by atoms with Crippen molar-refractivity contribution in [3.05, 3.63) is 40.7 Å². The Bertz CT molecular complexity index is 423. The van der Waals surface area contributed by atoms with Crippen molar-refractivity contribution in [1.29, 1.82) is 0 Å². The molecule has 2 rings (SSSR count). The molecule has 0 fully saturated rings. The van der Waals surface area contributed by atoms with Crippen LogP contribution in [-0.2, 0) is 9.53 Å². The van der Waals surface area contributed by atoms with Crippen LogP contribution < -0.4 is 5.32 Å². The Balaban J connectivity index is 2.44. The Morgan fingerprint density at radius 1 is 1.33 bits per heavy atom. The molecule has 1 N–H and O–H groups in total. The molecule has 3 nitrogen and oxygen atoms in total. The van der Waals surface area contributed by atoms with Gasteiger partial charge in [0.05, 0.1) is 5.57 Å². The highest BCUT2D eigenvalue weighted by Gasteiger charge is 2.25. The van der Waals surface area contributed by atoms with E-state index in [1.54, 1.807) is 19.2 Å². The number of rotatable bonds is 2. The summed E-state index contributed by atoms with van der Waals surface area (Å²) in [4.78, 5) is 11.6. The Kier molecular flexibility index (Phi) is 2.64. The van der Waals surface area contributed by atoms with Crippen LogP contribution in [-0.4, -0.2) is 19.4 Å². The van der Waals surface area contributed by atoms with Crippen LogP contribution >= 0.6 is 11.6 Å². The number of nitrogens with one attached hydrogen (secondary N) is 1. The zero-order valence-corrected chi connectivity index (χ0v) is 8.97. The zero-order chi connectivity index (χ0) is 10.8. The van der Waals surface area contributed by atoms with Gasteiger partial charge in [0.25, 0.3) is 0 Å². The Hall–Kier alpha value is -1.48. The summed E-state index contributed by atoms with van der Waals surface area (Å²) >= 11 is 5.78. The minimum atomic E-state index is -0.0123. The molecule has 0 unspecified atom stereocenters. The Morgan fingerprint density at radius 2 is 2.00 bits per heavy atom. The minimum Gasteiger partial charge on any atom is -0.470 e. The summed E-state index contributed by atoms with van der Waals surface area (Å²) in [5, 5.41) is 3.51. The van der Waals surface area contributed by atoms with E-state index in [-0.39, 0.29) is 12.4 Å². The summed E-state index contributed by atoms with van der Waals surface area (Å²) in [6.07, 6.45) is 0. The average molecular weight is 224 g/mol. The van der Waals surface area contributed by atoms with Gasteiger partial charge < -0.3 is 10.1 Å². The summed E-state index contributed by atoms with van der Waals surface area (Å²) in [6.45, 7) is 0.105. The highest BCUT2D eigenvalue weighted by atomic mass is 35.5. The van der Waals surface area contributed by atoms with Crippen LogP contribution in [0.5, 0.6) is 0 Å². The predicted octanol–water partition coefficient (Wildman–Crippen LogP) is 1.83. The van der Waals surface area contributed by atoms with Gasteiger partial charge in [-0.1, -0.05) is 23.7 Å². The third-order valence-electron chi connectivity index (χ3n) is 2.21. The summed E-state index contributed by atoms with van der Waals surface area (Å²) < 4.78 is 5.20. The Morgan fingerprint density at radius 3 is 2.60 bits per heavy atom. The van der Waals surface area contributed by atoms with Gasteiger partial charge >= 0.3 is 0 Å². The quantitative estimate of drug-likeness (QED) is 0.831. The maximum Gasteiger partial charge on any atom is 0.206 e. The van der Waals surface area contributed by atoms with Crippen LogP contribution in [0.3, 0.4) is 0 Å². The largest absolute Gasteiger partial charge is 0.470 e. The summed E-state index contributed by atoms with van der Waals surface area (Å²) in [7, 11) is 1.73. The fourth-order valence-electron chi connectivity index (χ4n) is 1.51. The van der Waals surface area contributed by atoms with Crippen molar-refractivity contribution in [2.24, 2.45) is 0 Å². The summed E-state index contributed by atoms with van der Waals surface area (Å²) in [6, 6.07) is 7.12. The highest BCUT2D eigenvalue weighted by molar-refractivity contribution is 6.30. The third kappa shape index (κ3) is 1.83. The molecular formula is C11H10ClNO2. The van der Waals surface area contributed by atoms with Crippen molar-refractivity contribution in [2.75, 3.05) is 13.7 Å². The van der Waals surface area contributed by atoms with Gasteiger partial charge in [-0.15, -0.1) is 0 Å². The first-order valence-electron chi connectivity index (χ1n) is 4.56. The van der Waals surface area contributed by atoms with Crippen LogP contribution in [0.1, 0.15) is 5.56 Å². The smallest absolute Gasteiger partial charge is 0.206 e. The molecule has 0 saturated heterocycles. The number of carbonyl (C=O) groups is 1. The van der Waals surface area contributed by atoms with Crippen LogP contribution in [0.25, 0.3) is 5.57 Å². The second-order valence-corrected chi connectivity index (χ2v) is 3.61. The molecule has 15 heavy (non-hydrogen) atoms. The topological polar surface area (TPSA) is 38.3 Å². The van der Waals surface area contributed by atoms with Gasteiger partial charge in [-0.3, -0.25) is 4.79 Å². The van der Waals surface area contributed by atoms with Crippen molar-refractivity contribution >= 4 is 23.0 Å². The van der Waals surface area contributed by atoms with Crippen LogP contribution in [0.2, 0.25) is 5.02 Å². The van der Waals surface area contributed by atoms with E-state index in [1.807, 2.05) is 12.1 Å². The van der Waals surface area contributed by atoms with Gasteiger partial charge in [0.2, 0.25) is 5.78 Å². The molecular weight excluding hydrogens is 214 g/mol. The number of halogens is 1. The first kappa shape index (κ1) is 10.1. The van der Waals surface area contributed by atoms with E-state index in [4.69, 9.17) is 16.3 Å². The molecule has 1 aliphatic rings. The molecule has 0 saturated carbocycles. The van der Waals surface area contributed by atoms with Crippen molar-refractivity contribution in [2.45, 2.75) is 0 Å². The average Bonchev–Trinajstić information content (AvgIpc) is 2.61. The number of Topliss-reactive ketones (excluding diaryl/α,β-unsaturated/α-hetero) is 1. The molecule has 0 aliphatic carbocycles. The number of ketones is 1. The van der Waals surface area contributed by atoms with E-state index in [9.17, 15) is 4.79 Å². The van der Waals surface area contributed by atoms with Gasteiger partial charge in [-0.2, -0.15) is 0 Å². The van der Waals surface area contributed by atoms with E-state index in [1.165, 1.54) is 0 Å². The highest BCUT2D eigenvalue weighted by Crippen LogP contribution is 2.25. The number of carbonyl (C=O) groups excluding carboxylic acids is 1. The summed E-state index contributed by atoms with van der Waals surface area (Å²) in [5.41, 5.74) is 1.42. The van der Waals surface area contributed by atoms with Crippen LogP contribution in [0, 0.1) is 0 Å². The molecule has 0 atom stereocenters. The molecule has 0 amide bonds. The minimum absolute atomic E-state index is 0.0123. The molecule has 0 radical (unpaired) electrons. The molecule has 1 aliphatic heterocycles. The van der Waals surface area contributed by atoms with Crippen molar-refractivity contribution in [3.63, 3.8) is 0 Å². The molecule has 0 aromatic heterocycles. The molecule has 0 spiro atoms.